The first-order chi connectivity index (χ1) is 37.1. The minimum absolute atomic E-state index is 0.0492. The Morgan fingerprint density at radius 1 is 0.400 bits per heavy atom. The van der Waals surface area contributed by atoms with E-state index >= 15 is 8.78 Å². The first kappa shape index (κ1) is 60.1. The van der Waals surface area contributed by atoms with Gasteiger partial charge in [0.15, 0.2) is 11.7 Å². The van der Waals surface area contributed by atoms with Crippen molar-refractivity contribution in [2.75, 3.05) is 0 Å². The van der Waals surface area contributed by atoms with E-state index in [-0.39, 0.29) is 74.1 Å². The van der Waals surface area contributed by atoms with Gasteiger partial charge in [-0.25, -0.2) is 37.9 Å². The molecule has 0 saturated carbocycles. The van der Waals surface area contributed by atoms with Gasteiger partial charge < -0.3 is 40.2 Å². The number of carbonyl (C=O) groups is 4. The Morgan fingerprint density at radius 3 is 1.14 bits per heavy atom. The Kier molecular flexibility index (Phi) is 16.8. The average Bonchev–Trinajstić information content (AvgIpc) is 3.37. The third-order valence-corrected chi connectivity index (χ3v) is 15.8. The average molecular weight is 1100 g/mol. The third kappa shape index (κ3) is 15.5. The summed E-state index contributed by atoms with van der Waals surface area (Å²) in [5.74, 6) is -4.57. The number of aromatic nitrogens is 3. The van der Waals surface area contributed by atoms with Crippen molar-refractivity contribution in [2.45, 2.75) is 230 Å². The molecule has 17 heteroatoms. The normalized spacial score (nSPS) is 26.2. The molecule has 4 N–H and O–H groups in total. The summed E-state index contributed by atoms with van der Waals surface area (Å²) < 4.78 is 55.1. The number of piperidine rings is 4. The highest BCUT2D eigenvalue weighted by Gasteiger charge is 2.47. The van der Waals surface area contributed by atoms with Gasteiger partial charge in [0.2, 0.25) is 5.82 Å². The van der Waals surface area contributed by atoms with Gasteiger partial charge in [-0.15, -0.1) is 0 Å². The van der Waals surface area contributed by atoms with Gasteiger partial charge in [-0.05, 0) is 152 Å². The second-order valence-corrected chi connectivity index (χ2v) is 27.7. The van der Waals surface area contributed by atoms with Crippen molar-refractivity contribution in [1.82, 2.24) is 36.2 Å². The number of nitrogens with one attached hydrogen (secondary N) is 4. The molecule has 0 spiro atoms. The summed E-state index contributed by atoms with van der Waals surface area (Å²) in [5, 5.41) is 14.8. The Hall–Kier alpha value is -6.01. The highest BCUT2D eigenvalue weighted by molar-refractivity contribution is 5.92. The summed E-state index contributed by atoms with van der Waals surface area (Å²) >= 11 is 0. The fourth-order valence-electron chi connectivity index (χ4n) is 13.7. The van der Waals surface area contributed by atoms with Crippen molar-refractivity contribution in [3.05, 3.63) is 113 Å². The Morgan fingerprint density at radius 2 is 0.738 bits per heavy atom. The van der Waals surface area contributed by atoms with Gasteiger partial charge in [-0.2, -0.15) is 0 Å². The molecule has 4 unspecified atom stereocenters. The van der Waals surface area contributed by atoms with Crippen molar-refractivity contribution in [1.29, 1.82) is 0 Å². The molecule has 15 nitrogen and oxygen atoms in total. The van der Waals surface area contributed by atoms with E-state index in [9.17, 15) is 19.2 Å². The van der Waals surface area contributed by atoms with Crippen LogP contribution in [0.25, 0.3) is 22.8 Å². The number of esters is 4. The summed E-state index contributed by atoms with van der Waals surface area (Å²) in [6.45, 7) is 29.3. The van der Waals surface area contributed by atoms with Crippen LogP contribution in [0.3, 0.4) is 0 Å². The molecule has 0 bridgehead atoms. The van der Waals surface area contributed by atoms with Crippen LogP contribution in [0, 0.1) is 0 Å². The van der Waals surface area contributed by atoms with E-state index in [2.05, 4.69) is 133 Å². The Labute approximate surface area is 471 Å². The fraction of sp³-hybridized carbons (Fsp3) is 0.571. The fourth-order valence-corrected chi connectivity index (χ4v) is 13.7. The van der Waals surface area contributed by atoms with Crippen LogP contribution >= 0.6 is 0 Å². The molecule has 4 saturated heterocycles. The van der Waals surface area contributed by atoms with Crippen molar-refractivity contribution in [3.8, 4) is 11.1 Å². The molecule has 0 aliphatic carbocycles. The number of pyridine rings is 1. The SMILES string of the molecule is CC1(C)CC(OC(=O)c2ccc(/C(F)=C(\F)c3ccc(C(=O)OC4CC(C)(C)NC(C)(CCC5(C)CC(OC(=O)c6ncc(-c7ccc(C(=O)OC8CC(C)(C)NC(C)(C)C8)cc7)cn6)CC(C)(C)N5)C4)cn3)cc2)CC(C)(C)N1. The molecule has 2 aromatic heterocycles. The molecule has 4 aliphatic rings. The standard InChI is InChI=1S/C63H83F2N7O8/c1-56(2)27-44(28-57(3,4)69-56)77-52(73)40-19-15-38(16-20-40)43-36-67-51(68-37-43)55(76)80-47-32-61(11,12)72-63(14,34-47)26-25-62(13)33-46(31-60(9,10)71-62)79-54(75)42-23-24-48(66-35-42)50(65)49(64)39-17-21-41(22-18-39)53(74)78-45-29-58(5,6)70-59(7,8)30-45/h15-24,35-37,44-47,69-72H,25-34H2,1-14H3/b50-49+. The first-order valence-electron chi connectivity index (χ1n) is 28.1. The van der Waals surface area contributed by atoms with Gasteiger partial charge in [-0.1, -0.05) is 24.3 Å². The Balaban J connectivity index is 0.830. The van der Waals surface area contributed by atoms with Crippen molar-refractivity contribution in [3.63, 3.8) is 0 Å². The second-order valence-electron chi connectivity index (χ2n) is 27.7. The number of halogens is 2. The molecule has 4 aliphatic heterocycles. The third-order valence-electron chi connectivity index (χ3n) is 15.8. The summed E-state index contributed by atoms with van der Waals surface area (Å²) in [7, 11) is 0. The maximum absolute atomic E-state index is 15.6. The molecule has 0 amide bonds. The molecule has 4 aromatic rings. The van der Waals surface area contributed by atoms with E-state index < -0.39 is 58.4 Å². The van der Waals surface area contributed by atoms with E-state index in [4.69, 9.17) is 18.9 Å². The van der Waals surface area contributed by atoms with Crippen LogP contribution < -0.4 is 21.3 Å². The molecular weight excluding hydrogens is 1020 g/mol. The van der Waals surface area contributed by atoms with Crippen molar-refractivity contribution in [2.24, 2.45) is 0 Å². The summed E-state index contributed by atoms with van der Waals surface area (Å²) in [6.07, 6.45) is 9.23. The number of carbonyl (C=O) groups excluding carboxylic acids is 4. The van der Waals surface area contributed by atoms with Crippen LogP contribution in [0.4, 0.5) is 8.78 Å². The zero-order valence-corrected chi connectivity index (χ0v) is 49.2. The first-order valence-corrected chi connectivity index (χ1v) is 28.1. The zero-order valence-electron chi connectivity index (χ0n) is 49.2. The van der Waals surface area contributed by atoms with Gasteiger partial charge in [0.1, 0.15) is 30.1 Å². The number of hydrogen-bond acceptors (Lipinski definition) is 15. The Bertz CT molecular complexity index is 2930. The van der Waals surface area contributed by atoms with E-state index in [1.165, 1.54) is 42.6 Å². The van der Waals surface area contributed by atoms with Gasteiger partial charge in [0, 0.05) is 125 Å². The van der Waals surface area contributed by atoms with Gasteiger partial charge in [0.05, 0.1) is 16.7 Å². The van der Waals surface area contributed by atoms with Gasteiger partial charge in [-0.3, -0.25) is 4.98 Å². The lowest BCUT2D eigenvalue weighted by Crippen LogP contribution is -2.64. The number of ether oxygens (including phenoxy) is 4. The van der Waals surface area contributed by atoms with Crippen molar-refractivity contribution < 1.29 is 46.9 Å². The molecule has 4 atom stereocenters. The lowest BCUT2D eigenvalue weighted by atomic mass is 9.72. The number of hydrogen-bond donors (Lipinski definition) is 4. The minimum atomic E-state index is -1.22. The van der Waals surface area contributed by atoms with E-state index in [0.717, 1.165) is 18.4 Å². The van der Waals surface area contributed by atoms with Crippen LogP contribution in [0.1, 0.15) is 214 Å². The molecule has 4 fully saturated rings. The maximum atomic E-state index is 15.6. The topological polar surface area (TPSA) is 192 Å². The van der Waals surface area contributed by atoms with Gasteiger partial charge in [0.25, 0.3) is 0 Å². The maximum Gasteiger partial charge on any atom is 0.376 e. The van der Waals surface area contributed by atoms with Crippen LogP contribution in [0.15, 0.2) is 79.3 Å². The van der Waals surface area contributed by atoms with E-state index in [1.54, 1.807) is 24.5 Å². The number of rotatable bonds is 14. The molecule has 432 valence electrons. The number of benzene rings is 2. The lowest BCUT2D eigenvalue weighted by molar-refractivity contribution is -0.0241. The monoisotopic (exact) mass is 1100 g/mol. The molecule has 0 radical (unpaired) electrons. The highest BCUT2D eigenvalue weighted by atomic mass is 19.2. The predicted octanol–water partition coefficient (Wildman–Crippen LogP) is 11.6. The van der Waals surface area contributed by atoms with Crippen LogP contribution in [-0.4, -0.2) is 108 Å². The molecular formula is C63H83F2N7O8. The zero-order chi connectivity index (χ0) is 58.4. The lowest BCUT2D eigenvalue weighted by Gasteiger charge is -2.51. The van der Waals surface area contributed by atoms with E-state index in [0.29, 0.717) is 62.5 Å². The summed E-state index contributed by atoms with van der Waals surface area (Å²) in [5.41, 5.74) is -0.582. The van der Waals surface area contributed by atoms with Gasteiger partial charge >= 0.3 is 23.9 Å². The number of nitrogens with zero attached hydrogens (tertiary/aromatic N) is 3. The largest absolute Gasteiger partial charge is 0.459 e. The highest BCUT2D eigenvalue weighted by Crippen LogP contribution is 2.40. The summed E-state index contributed by atoms with van der Waals surface area (Å²) in [6, 6.07) is 15.1. The second kappa shape index (κ2) is 22.4. The molecule has 2 aromatic carbocycles. The summed E-state index contributed by atoms with van der Waals surface area (Å²) in [4.78, 5) is 66.2. The van der Waals surface area contributed by atoms with Crippen LogP contribution in [-0.2, 0) is 18.9 Å². The van der Waals surface area contributed by atoms with E-state index in [1.807, 2.05) is 12.1 Å². The molecule has 80 heavy (non-hydrogen) atoms. The van der Waals surface area contributed by atoms with Crippen LogP contribution in [0.5, 0.6) is 0 Å². The quantitative estimate of drug-likeness (QED) is 0.0688. The smallest absolute Gasteiger partial charge is 0.376 e. The van der Waals surface area contributed by atoms with Crippen molar-refractivity contribution >= 4 is 35.5 Å². The molecule has 8 rings (SSSR count). The minimum Gasteiger partial charge on any atom is -0.459 e. The van der Waals surface area contributed by atoms with Crippen LogP contribution in [0.2, 0.25) is 0 Å². The molecule has 6 heterocycles. The predicted molar refractivity (Wildman–Crippen MR) is 304 cm³/mol.